The number of fused-ring (bicyclic) bond motifs is 1. The van der Waals surface area contributed by atoms with Gasteiger partial charge in [0.1, 0.15) is 5.82 Å². The van der Waals surface area contributed by atoms with Crippen molar-refractivity contribution in [3.8, 4) is 0 Å². The van der Waals surface area contributed by atoms with Gasteiger partial charge in [-0.2, -0.15) is 0 Å². The Hall–Kier alpha value is -3.48. The minimum Gasteiger partial charge on any atom is -0.456 e. The molecular formula is C24H27N3O4. The first-order chi connectivity index (χ1) is 14.8. The third kappa shape index (κ3) is 5.36. The van der Waals surface area contributed by atoms with Crippen molar-refractivity contribution < 1.29 is 14.3 Å². The van der Waals surface area contributed by atoms with Crippen molar-refractivity contribution in [3.05, 3.63) is 75.3 Å². The molecule has 162 valence electrons. The van der Waals surface area contributed by atoms with Gasteiger partial charge < -0.3 is 10.1 Å². The number of benzene rings is 2. The van der Waals surface area contributed by atoms with Crippen LogP contribution in [0.15, 0.2) is 47.3 Å². The van der Waals surface area contributed by atoms with E-state index in [9.17, 15) is 14.4 Å². The van der Waals surface area contributed by atoms with Crippen LogP contribution in [0.5, 0.6) is 0 Å². The first-order valence-corrected chi connectivity index (χ1v) is 10.2. The maximum absolute atomic E-state index is 12.4. The average molecular weight is 421 g/mol. The molecule has 0 aliphatic carbocycles. The van der Waals surface area contributed by atoms with Crippen molar-refractivity contribution in [1.82, 2.24) is 14.9 Å². The third-order valence-corrected chi connectivity index (χ3v) is 5.40. The lowest BCUT2D eigenvalue weighted by molar-refractivity contribution is -0.148. The van der Waals surface area contributed by atoms with Crippen LogP contribution in [-0.4, -0.2) is 28.0 Å². The second-order valence-corrected chi connectivity index (χ2v) is 7.70. The van der Waals surface area contributed by atoms with Crippen LogP contribution in [-0.2, 0) is 27.8 Å². The molecular weight excluding hydrogens is 394 g/mol. The molecule has 1 unspecified atom stereocenters. The van der Waals surface area contributed by atoms with Crippen LogP contribution in [0.2, 0.25) is 0 Å². The number of hydrogen-bond acceptors (Lipinski definition) is 5. The number of aryl methyl sites for hydroxylation is 3. The number of nitrogens with one attached hydrogen (secondary N) is 1. The van der Waals surface area contributed by atoms with E-state index in [0.29, 0.717) is 16.7 Å². The van der Waals surface area contributed by atoms with Gasteiger partial charge in [0, 0.05) is 13.5 Å². The smallest absolute Gasteiger partial charge is 0.306 e. The van der Waals surface area contributed by atoms with Gasteiger partial charge in [-0.1, -0.05) is 30.3 Å². The lowest BCUT2D eigenvalue weighted by atomic mass is 10.0. The monoisotopic (exact) mass is 421 g/mol. The van der Waals surface area contributed by atoms with E-state index in [-0.39, 0.29) is 37.0 Å². The molecule has 7 nitrogen and oxygen atoms in total. The molecule has 0 aliphatic heterocycles. The molecule has 7 heteroatoms. The summed E-state index contributed by atoms with van der Waals surface area (Å²) in [5, 5.41) is 3.37. The number of amides is 1. The minimum atomic E-state index is -0.517. The van der Waals surface area contributed by atoms with E-state index in [1.54, 1.807) is 25.2 Å². The fraction of sp³-hybridized carbons (Fsp3) is 0.333. The highest BCUT2D eigenvalue weighted by Gasteiger charge is 2.14. The molecule has 0 saturated heterocycles. The lowest BCUT2D eigenvalue weighted by Gasteiger charge is -2.16. The second-order valence-electron chi connectivity index (χ2n) is 7.70. The fourth-order valence-corrected chi connectivity index (χ4v) is 3.32. The number of nitrogens with zero attached hydrogens (tertiary/aromatic N) is 2. The number of carbonyl (C=O) groups is 2. The molecule has 1 heterocycles. The van der Waals surface area contributed by atoms with Crippen molar-refractivity contribution in [2.75, 3.05) is 6.61 Å². The zero-order valence-corrected chi connectivity index (χ0v) is 18.3. The number of para-hydroxylation sites is 1. The third-order valence-electron chi connectivity index (χ3n) is 5.40. The van der Waals surface area contributed by atoms with Gasteiger partial charge >= 0.3 is 5.97 Å². The molecule has 0 radical (unpaired) electrons. The molecule has 3 aromatic rings. The van der Waals surface area contributed by atoms with Gasteiger partial charge in [0.05, 0.1) is 23.4 Å². The normalized spacial score (nSPS) is 11.9. The molecule has 0 bridgehead atoms. The molecule has 1 aromatic heterocycles. The summed E-state index contributed by atoms with van der Waals surface area (Å²) in [4.78, 5) is 41.1. The van der Waals surface area contributed by atoms with Crippen LogP contribution in [0.4, 0.5) is 0 Å². The number of carbonyl (C=O) groups excluding carboxylic acids is 2. The Kier molecular flexibility index (Phi) is 6.84. The second kappa shape index (κ2) is 9.55. The van der Waals surface area contributed by atoms with Gasteiger partial charge in [0.15, 0.2) is 6.61 Å². The highest BCUT2D eigenvalue weighted by atomic mass is 16.5. The van der Waals surface area contributed by atoms with Crippen molar-refractivity contribution in [2.24, 2.45) is 7.05 Å². The van der Waals surface area contributed by atoms with Gasteiger partial charge in [-0.25, -0.2) is 4.98 Å². The Morgan fingerprint density at radius 3 is 2.61 bits per heavy atom. The van der Waals surface area contributed by atoms with Crippen LogP contribution in [0.1, 0.15) is 41.9 Å². The quantitative estimate of drug-likeness (QED) is 0.593. The molecule has 0 spiro atoms. The van der Waals surface area contributed by atoms with Crippen LogP contribution in [0.25, 0.3) is 10.9 Å². The maximum atomic E-state index is 12.4. The van der Waals surface area contributed by atoms with Gasteiger partial charge in [-0.15, -0.1) is 0 Å². The van der Waals surface area contributed by atoms with Crippen molar-refractivity contribution in [2.45, 2.75) is 39.7 Å². The summed E-state index contributed by atoms with van der Waals surface area (Å²) in [6.07, 6.45) is 0.273. The van der Waals surface area contributed by atoms with E-state index in [2.05, 4.69) is 10.3 Å². The zero-order chi connectivity index (χ0) is 22.5. The summed E-state index contributed by atoms with van der Waals surface area (Å²) in [5.41, 5.74) is 3.77. The van der Waals surface area contributed by atoms with Crippen molar-refractivity contribution >= 4 is 22.8 Å². The molecule has 1 atom stereocenters. The first kappa shape index (κ1) is 22.2. The molecule has 2 aromatic carbocycles. The molecule has 3 rings (SSSR count). The van der Waals surface area contributed by atoms with Crippen LogP contribution >= 0.6 is 0 Å². The van der Waals surface area contributed by atoms with E-state index < -0.39 is 5.97 Å². The largest absolute Gasteiger partial charge is 0.456 e. The van der Waals surface area contributed by atoms with Crippen molar-refractivity contribution in [1.29, 1.82) is 0 Å². The Morgan fingerprint density at radius 2 is 1.87 bits per heavy atom. The minimum absolute atomic E-state index is 0.0264. The summed E-state index contributed by atoms with van der Waals surface area (Å²) in [6, 6.07) is 12.9. The van der Waals surface area contributed by atoms with Crippen LogP contribution < -0.4 is 10.9 Å². The molecule has 31 heavy (non-hydrogen) atoms. The molecule has 0 saturated carbocycles. The fourth-order valence-electron chi connectivity index (χ4n) is 3.32. The molecule has 0 aliphatic rings. The average Bonchev–Trinajstić information content (AvgIpc) is 2.75. The standard InChI is InChI=1S/C24H27N3O4/c1-15-9-10-18(13-16(15)2)17(3)25-22(28)14-31-23(29)12-11-21-26-20-8-6-5-7-19(20)24(30)27(21)4/h5-10,13,17H,11-12,14H2,1-4H3,(H,25,28). The number of aromatic nitrogens is 2. The Morgan fingerprint density at radius 1 is 1.13 bits per heavy atom. The number of hydrogen-bond donors (Lipinski definition) is 1. The van der Waals surface area contributed by atoms with Gasteiger partial charge in [-0.3, -0.25) is 19.0 Å². The van der Waals surface area contributed by atoms with E-state index in [1.165, 1.54) is 10.1 Å². The van der Waals surface area contributed by atoms with Gasteiger partial charge in [0.2, 0.25) is 0 Å². The number of ether oxygens (including phenoxy) is 1. The number of esters is 1. The maximum Gasteiger partial charge on any atom is 0.306 e. The molecule has 1 amide bonds. The van der Waals surface area contributed by atoms with E-state index >= 15 is 0 Å². The predicted molar refractivity (Wildman–Crippen MR) is 119 cm³/mol. The lowest BCUT2D eigenvalue weighted by Crippen LogP contribution is -2.31. The molecule has 1 N–H and O–H groups in total. The summed E-state index contributed by atoms with van der Waals surface area (Å²) < 4.78 is 6.53. The summed E-state index contributed by atoms with van der Waals surface area (Å²) in [5.74, 6) is -0.389. The summed E-state index contributed by atoms with van der Waals surface area (Å²) in [6.45, 7) is 5.59. The van der Waals surface area contributed by atoms with E-state index in [1.807, 2.05) is 45.0 Å². The van der Waals surface area contributed by atoms with Gasteiger partial charge in [0.25, 0.3) is 11.5 Å². The van der Waals surface area contributed by atoms with Crippen LogP contribution in [0.3, 0.4) is 0 Å². The summed E-state index contributed by atoms with van der Waals surface area (Å²) in [7, 11) is 1.63. The highest BCUT2D eigenvalue weighted by Crippen LogP contribution is 2.16. The summed E-state index contributed by atoms with van der Waals surface area (Å²) >= 11 is 0. The Balaban J connectivity index is 1.51. The van der Waals surface area contributed by atoms with E-state index in [0.717, 1.165) is 11.1 Å². The highest BCUT2D eigenvalue weighted by molar-refractivity contribution is 5.81. The Labute approximate surface area is 181 Å². The van der Waals surface area contributed by atoms with Crippen LogP contribution in [0, 0.1) is 13.8 Å². The topological polar surface area (TPSA) is 90.3 Å². The zero-order valence-electron chi connectivity index (χ0n) is 18.3. The first-order valence-electron chi connectivity index (χ1n) is 10.2. The molecule has 0 fully saturated rings. The predicted octanol–water partition coefficient (Wildman–Crippen LogP) is 2.90. The van der Waals surface area contributed by atoms with Crippen molar-refractivity contribution in [3.63, 3.8) is 0 Å². The van der Waals surface area contributed by atoms with E-state index in [4.69, 9.17) is 4.74 Å². The van der Waals surface area contributed by atoms with Gasteiger partial charge in [-0.05, 0) is 49.6 Å². The SMILES string of the molecule is Cc1ccc(C(C)NC(=O)COC(=O)CCc2nc3ccccc3c(=O)n2C)cc1C. The Bertz CT molecular complexity index is 1180. The number of rotatable bonds is 7.